The number of alkyl carbamates (subject to hydrolysis) is 1. The number of alkyl halides is 2. The lowest BCUT2D eigenvalue weighted by atomic mass is 10.0. The van der Waals surface area contributed by atoms with E-state index in [0.717, 1.165) is 11.3 Å². The van der Waals surface area contributed by atoms with Gasteiger partial charge in [-0.25, -0.2) is 4.79 Å². The molecule has 0 heterocycles. The van der Waals surface area contributed by atoms with E-state index in [0.29, 0.717) is 30.6 Å². The first-order valence-electron chi connectivity index (χ1n) is 9.34. The number of ether oxygens (including phenoxy) is 2. The number of hydrogen-bond donors (Lipinski definition) is 2. The smallest absolute Gasteiger partial charge is 0.407 e. The molecule has 0 saturated heterocycles. The first-order valence-corrected chi connectivity index (χ1v) is 10.4. The van der Waals surface area contributed by atoms with Gasteiger partial charge in [0.25, 0.3) is 0 Å². The standard InChI is InChI=1S/C20H30Cl2N2O5/c1-20(2,3)29-19(27)23-15(13-18(25)26)11-14-12-16(5-6-17(14)28-4)24(9-7-21)10-8-22/h5-6,12,15H,7-11,13H2,1-4H3,(H,23,27)(H,25,26)/t15-/m0/s1. The largest absolute Gasteiger partial charge is 0.496 e. The van der Waals surface area contributed by atoms with Crippen LogP contribution in [0.5, 0.6) is 5.75 Å². The maximum Gasteiger partial charge on any atom is 0.407 e. The van der Waals surface area contributed by atoms with Crippen molar-refractivity contribution in [1.29, 1.82) is 0 Å². The summed E-state index contributed by atoms with van der Waals surface area (Å²) >= 11 is 11.8. The van der Waals surface area contributed by atoms with Crippen molar-refractivity contribution in [2.24, 2.45) is 0 Å². The van der Waals surface area contributed by atoms with Crippen LogP contribution in [0.4, 0.5) is 10.5 Å². The molecule has 0 aliphatic heterocycles. The lowest BCUT2D eigenvalue weighted by molar-refractivity contribution is -0.137. The summed E-state index contributed by atoms with van der Waals surface area (Å²) in [6, 6.07) is 4.95. The van der Waals surface area contributed by atoms with Crippen LogP contribution in [0.15, 0.2) is 18.2 Å². The molecule has 0 bridgehead atoms. The van der Waals surface area contributed by atoms with Gasteiger partial charge >= 0.3 is 12.1 Å². The SMILES string of the molecule is COc1ccc(N(CCCl)CCCl)cc1C[C@@H](CC(=O)O)NC(=O)OC(C)(C)C. The number of benzene rings is 1. The Labute approximate surface area is 182 Å². The lowest BCUT2D eigenvalue weighted by Gasteiger charge is -2.26. The lowest BCUT2D eigenvalue weighted by Crippen LogP contribution is -2.41. The van der Waals surface area contributed by atoms with Crippen LogP contribution in [0, 0.1) is 0 Å². The second kappa shape index (κ2) is 12.0. The molecule has 0 spiro atoms. The first-order chi connectivity index (χ1) is 13.6. The van der Waals surface area contributed by atoms with Gasteiger partial charge in [-0.3, -0.25) is 4.79 Å². The molecular formula is C20H30Cl2N2O5. The fraction of sp³-hybridized carbons (Fsp3) is 0.600. The molecule has 0 aromatic heterocycles. The molecule has 164 valence electrons. The van der Waals surface area contributed by atoms with E-state index in [9.17, 15) is 14.7 Å². The quantitative estimate of drug-likeness (QED) is 0.499. The van der Waals surface area contributed by atoms with E-state index >= 15 is 0 Å². The van der Waals surface area contributed by atoms with Crippen molar-refractivity contribution < 1.29 is 24.2 Å². The van der Waals surface area contributed by atoms with E-state index in [1.165, 1.54) is 0 Å². The number of carboxylic acids is 1. The monoisotopic (exact) mass is 448 g/mol. The summed E-state index contributed by atoms with van der Waals surface area (Å²) in [5, 5.41) is 11.9. The van der Waals surface area contributed by atoms with Gasteiger partial charge in [0.15, 0.2) is 0 Å². The van der Waals surface area contributed by atoms with Gasteiger partial charge in [-0.05, 0) is 51.0 Å². The Kier molecular flexibility index (Phi) is 10.4. The normalized spacial score (nSPS) is 12.2. The van der Waals surface area contributed by atoms with E-state index in [-0.39, 0.29) is 12.8 Å². The third-order valence-electron chi connectivity index (χ3n) is 3.95. The molecular weight excluding hydrogens is 419 g/mol. The number of amides is 1. The van der Waals surface area contributed by atoms with E-state index in [2.05, 4.69) is 5.32 Å². The Balaban J connectivity index is 3.10. The second-order valence-electron chi connectivity index (χ2n) is 7.51. The molecule has 7 nitrogen and oxygen atoms in total. The highest BCUT2D eigenvalue weighted by Gasteiger charge is 2.23. The highest BCUT2D eigenvalue weighted by Crippen LogP contribution is 2.27. The van der Waals surface area contributed by atoms with Gasteiger partial charge in [-0.2, -0.15) is 0 Å². The van der Waals surface area contributed by atoms with E-state index < -0.39 is 23.7 Å². The van der Waals surface area contributed by atoms with Gasteiger partial charge < -0.3 is 24.8 Å². The Morgan fingerprint density at radius 3 is 2.31 bits per heavy atom. The maximum absolute atomic E-state index is 12.1. The van der Waals surface area contributed by atoms with Crippen LogP contribution in [-0.2, 0) is 16.0 Å². The minimum absolute atomic E-state index is 0.250. The average Bonchev–Trinajstić information content (AvgIpc) is 2.59. The van der Waals surface area contributed by atoms with Crippen LogP contribution in [-0.4, -0.2) is 60.8 Å². The van der Waals surface area contributed by atoms with Crippen molar-refractivity contribution >= 4 is 41.0 Å². The van der Waals surface area contributed by atoms with Crippen molar-refractivity contribution in [3.8, 4) is 5.75 Å². The number of carbonyl (C=O) groups excluding carboxylic acids is 1. The highest BCUT2D eigenvalue weighted by atomic mass is 35.5. The summed E-state index contributed by atoms with van der Waals surface area (Å²) < 4.78 is 10.7. The zero-order valence-electron chi connectivity index (χ0n) is 17.3. The van der Waals surface area contributed by atoms with E-state index in [1.807, 2.05) is 23.1 Å². The molecule has 1 amide bonds. The molecule has 0 aliphatic rings. The van der Waals surface area contributed by atoms with Crippen molar-refractivity contribution in [1.82, 2.24) is 5.32 Å². The third kappa shape index (κ3) is 9.45. The number of carbonyl (C=O) groups is 2. The molecule has 1 aromatic carbocycles. The molecule has 1 rings (SSSR count). The number of aliphatic carboxylic acids is 1. The van der Waals surface area contributed by atoms with Crippen molar-refractivity contribution in [2.75, 3.05) is 36.9 Å². The van der Waals surface area contributed by atoms with Crippen LogP contribution in [0.25, 0.3) is 0 Å². The topological polar surface area (TPSA) is 88.1 Å². The number of rotatable bonds is 11. The van der Waals surface area contributed by atoms with Crippen molar-refractivity contribution in [2.45, 2.75) is 45.3 Å². The van der Waals surface area contributed by atoms with Crippen LogP contribution >= 0.6 is 23.2 Å². The summed E-state index contributed by atoms with van der Waals surface area (Å²) in [7, 11) is 1.54. The number of carboxylic acid groups (broad SMARTS) is 1. The highest BCUT2D eigenvalue weighted by molar-refractivity contribution is 6.18. The van der Waals surface area contributed by atoms with Gasteiger partial charge in [-0.15, -0.1) is 23.2 Å². The predicted molar refractivity (Wildman–Crippen MR) is 116 cm³/mol. The zero-order valence-corrected chi connectivity index (χ0v) is 18.8. The van der Waals surface area contributed by atoms with Crippen LogP contribution in [0.3, 0.4) is 0 Å². The molecule has 0 unspecified atom stereocenters. The Bertz CT molecular complexity index is 673. The molecule has 0 aliphatic carbocycles. The molecule has 0 fully saturated rings. The minimum atomic E-state index is -1.02. The molecule has 1 atom stereocenters. The summed E-state index contributed by atoms with van der Waals surface area (Å²) in [6.07, 6.45) is -0.650. The molecule has 9 heteroatoms. The van der Waals surface area contributed by atoms with Crippen LogP contribution < -0.4 is 15.0 Å². The van der Waals surface area contributed by atoms with E-state index in [4.69, 9.17) is 32.7 Å². The Morgan fingerprint density at radius 1 is 1.21 bits per heavy atom. The van der Waals surface area contributed by atoms with Gasteiger partial charge in [0, 0.05) is 36.6 Å². The fourth-order valence-corrected chi connectivity index (χ4v) is 3.23. The average molecular weight is 449 g/mol. The van der Waals surface area contributed by atoms with E-state index in [1.54, 1.807) is 27.9 Å². The van der Waals surface area contributed by atoms with Gasteiger partial charge in [0.1, 0.15) is 11.4 Å². The molecule has 0 radical (unpaired) electrons. The number of hydrogen-bond acceptors (Lipinski definition) is 5. The van der Waals surface area contributed by atoms with Crippen molar-refractivity contribution in [3.05, 3.63) is 23.8 Å². The maximum atomic E-state index is 12.1. The van der Waals surface area contributed by atoms with Crippen molar-refractivity contribution in [3.63, 3.8) is 0 Å². The number of halogens is 2. The first kappa shape index (κ1) is 25.2. The minimum Gasteiger partial charge on any atom is -0.496 e. The summed E-state index contributed by atoms with van der Waals surface area (Å²) in [5.74, 6) is 0.471. The number of nitrogens with zero attached hydrogens (tertiary/aromatic N) is 1. The summed E-state index contributed by atoms with van der Waals surface area (Å²) in [6.45, 7) is 6.47. The number of methoxy groups -OCH3 is 1. The zero-order chi connectivity index (χ0) is 22.0. The summed E-state index contributed by atoms with van der Waals surface area (Å²) in [4.78, 5) is 25.5. The molecule has 29 heavy (non-hydrogen) atoms. The number of anilines is 1. The predicted octanol–water partition coefficient (Wildman–Crippen LogP) is 3.89. The van der Waals surface area contributed by atoms with Gasteiger partial charge in [0.05, 0.1) is 13.5 Å². The number of nitrogens with one attached hydrogen (secondary N) is 1. The molecule has 0 saturated carbocycles. The van der Waals surface area contributed by atoms with Gasteiger partial charge in [-0.1, -0.05) is 0 Å². The Morgan fingerprint density at radius 2 is 1.83 bits per heavy atom. The summed E-state index contributed by atoms with van der Waals surface area (Å²) in [5.41, 5.74) is 0.980. The molecule has 1 aromatic rings. The second-order valence-corrected chi connectivity index (χ2v) is 8.26. The van der Waals surface area contributed by atoms with Crippen LogP contribution in [0.1, 0.15) is 32.8 Å². The third-order valence-corrected chi connectivity index (χ3v) is 4.28. The fourth-order valence-electron chi connectivity index (χ4n) is 2.82. The molecule has 2 N–H and O–H groups in total. The van der Waals surface area contributed by atoms with Gasteiger partial charge in [0.2, 0.25) is 0 Å². The van der Waals surface area contributed by atoms with Crippen LogP contribution in [0.2, 0.25) is 0 Å². The Hall–Kier alpha value is -1.86.